The van der Waals surface area contributed by atoms with Gasteiger partial charge in [-0.3, -0.25) is 10.1 Å². The van der Waals surface area contributed by atoms with Crippen molar-refractivity contribution in [2.45, 2.75) is 52.4 Å². The van der Waals surface area contributed by atoms with E-state index in [0.29, 0.717) is 24.5 Å². The van der Waals surface area contributed by atoms with Crippen molar-refractivity contribution in [3.05, 3.63) is 54.1 Å². The van der Waals surface area contributed by atoms with Crippen molar-refractivity contribution >= 4 is 28.9 Å². The van der Waals surface area contributed by atoms with Crippen LogP contribution in [-0.2, 0) is 0 Å². The van der Waals surface area contributed by atoms with Crippen molar-refractivity contribution in [3.63, 3.8) is 0 Å². The molecule has 0 spiro atoms. The second-order valence-corrected chi connectivity index (χ2v) is 7.48. The first-order valence-corrected chi connectivity index (χ1v) is 11.1. The molecule has 5 nitrogen and oxygen atoms in total. The molecule has 0 heterocycles. The van der Waals surface area contributed by atoms with E-state index < -0.39 is 0 Å². The Bertz CT molecular complexity index is 811. The molecule has 0 aliphatic rings. The van der Waals surface area contributed by atoms with E-state index in [1.165, 1.54) is 19.3 Å². The van der Waals surface area contributed by atoms with E-state index in [1.807, 2.05) is 30.3 Å². The summed E-state index contributed by atoms with van der Waals surface area (Å²) < 4.78 is 11.5. The van der Waals surface area contributed by atoms with E-state index in [-0.39, 0.29) is 11.0 Å². The van der Waals surface area contributed by atoms with E-state index >= 15 is 0 Å². The summed E-state index contributed by atoms with van der Waals surface area (Å²) in [6.07, 6.45) is 6.69. The molecule has 0 saturated carbocycles. The topological polar surface area (TPSA) is 59.6 Å². The number of hydrogen-bond acceptors (Lipinski definition) is 4. The van der Waals surface area contributed by atoms with Gasteiger partial charge in [0.2, 0.25) is 0 Å². The number of anilines is 1. The van der Waals surface area contributed by atoms with Crippen LogP contribution in [0.1, 0.15) is 62.7 Å². The minimum atomic E-state index is -0.281. The van der Waals surface area contributed by atoms with Crippen molar-refractivity contribution in [2.75, 3.05) is 18.5 Å². The van der Waals surface area contributed by atoms with E-state index in [4.69, 9.17) is 21.7 Å². The summed E-state index contributed by atoms with van der Waals surface area (Å²) in [6, 6.07) is 14.7. The lowest BCUT2D eigenvalue weighted by Gasteiger charge is -2.12. The number of hydrogen-bond donors (Lipinski definition) is 2. The van der Waals surface area contributed by atoms with Gasteiger partial charge in [-0.25, -0.2) is 0 Å². The molecule has 0 saturated heterocycles. The summed E-state index contributed by atoms with van der Waals surface area (Å²) in [7, 11) is 0. The molecule has 0 aliphatic carbocycles. The average Bonchev–Trinajstić information content (AvgIpc) is 2.74. The van der Waals surface area contributed by atoms with Gasteiger partial charge in [0.1, 0.15) is 11.5 Å². The van der Waals surface area contributed by atoms with Crippen LogP contribution in [0.5, 0.6) is 11.5 Å². The molecule has 6 heteroatoms. The van der Waals surface area contributed by atoms with Gasteiger partial charge in [-0.15, -0.1) is 0 Å². The molecule has 2 N–H and O–H groups in total. The minimum absolute atomic E-state index is 0.234. The van der Waals surface area contributed by atoms with Crippen molar-refractivity contribution in [2.24, 2.45) is 0 Å². The first-order chi connectivity index (χ1) is 14.6. The zero-order valence-electron chi connectivity index (χ0n) is 17.9. The monoisotopic (exact) mass is 428 g/mol. The van der Waals surface area contributed by atoms with Gasteiger partial charge in [0, 0.05) is 17.3 Å². The number of amides is 1. The summed E-state index contributed by atoms with van der Waals surface area (Å²) in [5.74, 6) is 1.18. The number of nitrogens with one attached hydrogen (secondary N) is 2. The van der Waals surface area contributed by atoms with Gasteiger partial charge in [0.15, 0.2) is 5.11 Å². The SMILES string of the molecule is CCCCCCOc1cccc(NC(=S)NC(=O)c2cccc(OCCCC)c2)c1. The van der Waals surface area contributed by atoms with Gasteiger partial charge in [0.05, 0.1) is 13.2 Å². The van der Waals surface area contributed by atoms with Crippen LogP contribution in [0.25, 0.3) is 0 Å². The summed E-state index contributed by atoms with van der Waals surface area (Å²) in [4.78, 5) is 12.5. The first kappa shape index (κ1) is 23.7. The predicted octanol–water partition coefficient (Wildman–Crippen LogP) is 5.95. The van der Waals surface area contributed by atoms with E-state index in [0.717, 1.165) is 30.7 Å². The maximum atomic E-state index is 12.5. The Balaban J connectivity index is 1.84. The molecule has 2 aromatic carbocycles. The molecule has 0 fully saturated rings. The second-order valence-electron chi connectivity index (χ2n) is 7.08. The highest BCUT2D eigenvalue weighted by Crippen LogP contribution is 2.18. The fourth-order valence-corrected chi connectivity index (χ4v) is 2.99. The highest BCUT2D eigenvalue weighted by atomic mass is 32.1. The Morgan fingerprint density at radius 2 is 1.53 bits per heavy atom. The smallest absolute Gasteiger partial charge is 0.257 e. The highest BCUT2D eigenvalue weighted by Gasteiger charge is 2.09. The lowest BCUT2D eigenvalue weighted by Crippen LogP contribution is -2.34. The Hall–Kier alpha value is -2.60. The number of benzene rings is 2. The maximum Gasteiger partial charge on any atom is 0.257 e. The number of thiocarbonyl (C=S) groups is 1. The molecule has 0 aromatic heterocycles. The third-order valence-corrected chi connectivity index (χ3v) is 4.65. The minimum Gasteiger partial charge on any atom is -0.494 e. The highest BCUT2D eigenvalue weighted by molar-refractivity contribution is 7.80. The van der Waals surface area contributed by atoms with Crippen molar-refractivity contribution < 1.29 is 14.3 Å². The Labute approximate surface area is 185 Å². The zero-order chi connectivity index (χ0) is 21.6. The molecule has 0 atom stereocenters. The molecule has 0 aliphatic heterocycles. The van der Waals surface area contributed by atoms with Crippen LogP contribution in [0.2, 0.25) is 0 Å². The van der Waals surface area contributed by atoms with Gasteiger partial charge in [-0.1, -0.05) is 51.7 Å². The van der Waals surface area contributed by atoms with E-state index in [1.54, 1.807) is 18.2 Å². The molecule has 1 amide bonds. The quantitative estimate of drug-likeness (QED) is 0.323. The number of unbranched alkanes of at least 4 members (excludes halogenated alkanes) is 4. The van der Waals surface area contributed by atoms with Crippen LogP contribution in [0.3, 0.4) is 0 Å². The summed E-state index contributed by atoms with van der Waals surface area (Å²) >= 11 is 5.29. The standard InChI is InChI=1S/C24H32N2O3S/c1-3-5-7-8-16-29-22-14-10-12-20(18-22)25-24(30)26-23(27)19-11-9-13-21(17-19)28-15-6-4-2/h9-14,17-18H,3-8,15-16H2,1-2H3,(H2,25,26,27,30). The number of rotatable bonds is 12. The third-order valence-electron chi connectivity index (χ3n) is 4.45. The van der Waals surface area contributed by atoms with E-state index in [2.05, 4.69) is 24.5 Å². The number of carbonyl (C=O) groups is 1. The molecule has 162 valence electrons. The predicted molar refractivity (Wildman–Crippen MR) is 127 cm³/mol. The van der Waals surface area contributed by atoms with E-state index in [9.17, 15) is 4.79 Å². The normalized spacial score (nSPS) is 10.3. The summed E-state index contributed by atoms with van der Waals surface area (Å²) in [5.41, 5.74) is 1.26. The fourth-order valence-electron chi connectivity index (χ4n) is 2.78. The molecule has 2 rings (SSSR count). The van der Waals surface area contributed by atoms with Crippen LogP contribution in [-0.4, -0.2) is 24.2 Å². The zero-order valence-corrected chi connectivity index (χ0v) is 18.7. The fraction of sp³-hybridized carbons (Fsp3) is 0.417. The molecule has 0 bridgehead atoms. The van der Waals surface area contributed by atoms with Gasteiger partial charge in [0.25, 0.3) is 5.91 Å². The Morgan fingerprint density at radius 3 is 2.27 bits per heavy atom. The van der Waals surface area contributed by atoms with Gasteiger partial charge >= 0.3 is 0 Å². The van der Waals surface area contributed by atoms with Crippen LogP contribution in [0, 0.1) is 0 Å². The molecule has 30 heavy (non-hydrogen) atoms. The van der Waals surface area contributed by atoms with Gasteiger partial charge < -0.3 is 14.8 Å². The van der Waals surface area contributed by atoms with Crippen LogP contribution in [0.4, 0.5) is 5.69 Å². The Morgan fingerprint density at radius 1 is 0.867 bits per heavy atom. The summed E-state index contributed by atoms with van der Waals surface area (Å²) in [6.45, 7) is 5.63. The maximum absolute atomic E-state index is 12.5. The first-order valence-electron chi connectivity index (χ1n) is 10.7. The van der Waals surface area contributed by atoms with Crippen LogP contribution < -0.4 is 20.1 Å². The molecular formula is C24H32N2O3S. The number of ether oxygens (including phenoxy) is 2. The van der Waals surface area contributed by atoms with Gasteiger partial charge in [-0.2, -0.15) is 0 Å². The largest absolute Gasteiger partial charge is 0.494 e. The second kappa shape index (κ2) is 13.6. The average molecular weight is 429 g/mol. The lowest BCUT2D eigenvalue weighted by atomic mass is 10.2. The van der Waals surface area contributed by atoms with Gasteiger partial charge in [-0.05, 0) is 55.4 Å². The summed E-state index contributed by atoms with van der Waals surface area (Å²) in [5, 5.41) is 5.98. The third kappa shape index (κ3) is 8.82. The van der Waals surface area contributed by atoms with Crippen molar-refractivity contribution in [3.8, 4) is 11.5 Å². The molecule has 0 unspecified atom stereocenters. The lowest BCUT2D eigenvalue weighted by molar-refractivity contribution is 0.0977. The molecule has 0 radical (unpaired) electrons. The number of carbonyl (C=O) groups excluding carboxylic acids is 1. The van der Waals surface area contributed by atoms with Crippen molar-refractivity contribution in [1.29, 1.82) is 0 Å². The van der Waals surface area contributed by atoms with Crippen LogP contribution in [0.15, 0.2) is 48.5 Å². The molecular weight excluding hydrogens is 396 g/mol. The van der Waals surface area contributed by atoms with Crippen molar-refractivity contribution in [1.82, 2.24) is 5.32 Å². The van der Waals surface area contributed by atoms with Crippen LogP contribution >= 0.6 is 12.2 Å². The Kier molecular flexibility index (Phi) is 10.7. The molecule has 2 aromatic rings.